The summed E-state index contributed by atoms with van der Waals surface area (Å²) in [7, 11) is 0. The number of aromatic nitrogens is 1. The van der Waals surface area contributed by atoms with Gasteiger partial charge in [0.25, 0.3) is 0 Å². The summed E-state index contributed by atoms with van der Waals surface area (Å²) in [6.45, 7) is 3.05. The second-order valence-electron chi connectivity index (χ2n) is 4.06. The maximum absolute atomic E-state index is 12.6. The third-order valence-corrected chi connectivity index (χ3v) is 2.83. The van der Waals surface area contributed by atoms with Crippen LogP contribution in [0.25, 0.3) is 10.9 Å². The number of aromatic amines is 1. The summed E-state index contributed by atoms with van der Waals surface area (Å²) >= 11 is 0. The first-order valence-corrected chi connectivity index (χ1v) is 5.04. The third kappa shape index (κ3) is 1.79. The van der Waals surface area contributed by atoms with E-state index in [1.165, 1.54) is 13.1 Å². The average molecular weight is 227 g/mol. The van der Waals surface area contributed by atoms with Crippen molar-refractivity contribution in [2.75, 3.05) is 0 Å². The maximum Gasteiger partial charge on any atom is 0.395 e. The number of benzene rings is 1. The topological polar surface area (TPSA) is 15.8 Å². The SMILES string of the molecule is Cc1ccc2[nH]cc(C(C)C(F)(F)F)c2c1. The molecule has 0 amide bonds. The first-order chi connectivity index (χ1) is 7.39. The van der Waals surface area contributed by atoms with Gasteiger partial charge in [-0.3, -0.25) is 0 Å². The molecule has 0 aliphatic carbocycles. The van der Waals surface area contributed by atoms with Gasteiger partial charge in [0.2, 0.25) is 0 Å². The van der Waals surface area contributed by atoms with Crippen molar-refractivity contribution in [2.24, 2.45) is 0 Å². The Balaban J connectivity index is 2.57. The Morgan fingerprint density at radius 3 is 2.56 bits per heavy atom. The van der Waals surface area contributed by atoms with E-state index < -0.39 is 12.1 Å². The Hall–Kier alpha value is -1.45. The second-order valence-corrected chi connectivity index (χ2v) is 4.06. The summed E-state index contributed by atoms with van der Waals surface area (Å²) in [5.41, 5.74) is 2.02. The van der Waals surface area contributed by atoms with Crippen molar-refractivity contribution < 1.29 is 13.2 Å². The zero-order valence-corrected chi connectivity index (χ0v) is 9.02. The molecule has 1 nitrogen and oxygen atoms in total. The number of alkyl halides is 3. The van der Waals surface area contributed by atoms with Crippen LogP contribution in [0.4, 0.5) is 13.2 Å². The lowest BCUT2D eigenvalue weighted by Crippen LogP contribution is -2.17. The number of nitrogens with one attached hydrogen (secondary N) is 1. The van der Waals surface area contributed by atoms with Crippen LogP contribution in [-0.2, 0) is 0 Å². The molecular formula is C12H12F3N. The van der Waals surface area contributed by atoms with Gasteiger partial charge < -0.3 is 4.98 Å². The third-order valence-electron chi connectivity index (χ3n) is 2.83. The predicted molar refractivity (Wildman–Crippen MR) is 57.5 cm³/mol. The van der Waals surface area contributed by atoms with Crippen LogP contribution in [0.15, 0.2) is 24.4 Å². The summed E-state index contributed by atoms with van der Waals surface area (Å²) in [6, 6.07) is 5.46. The number of halogens is 3. The second kappa shape index (κ2) is 3.54. The number of fused-ring (bicyclic) bond motifs is 1. The molecule has 16 heavy (non-hydrogen) atoms. The van der Waals surface area contributed by atoms with Gasteiger partial charge in [-0.2, -0.15) is 13.2 Å². The van der Waals surface area contributed by atoms with Crippen molar-refractivity contribution in [3.8, 4) is 0 Å². The first-order valence-electron chi connectivity index (χ1n) is 5.04. The van der Waals surface area contributed by atoms with Crippen LogP contribution in [0.1, 0.15) is 24.0 Å². The standard InChI is InChI=1S/C12H12F3N/c1-7-3-4-11-9(5-7)10(6-16-11)8(2)12(13,14)15/h3-6,8,16H,1-2H3. The Kier molecular flexibility index (Phi) is 2.45. The molecular weight excluding hydrogens is 215 g/mol. The van der Waals surface area contributed by atoms with Gasteiger partial charge in [-0.05, 0) is 31.5 Å². The molecule has 0 aliphatic rings. The lowest BCUT2D eigenvalue weighted by Gasteiger charge is -2.14. The number of aryl methyl sites for hydroxylation is 1. The molecule has 1 aromatic heterocycles. The molecule has 0 saturated heterocycles. The predicted octanol–water partition coefficient (Wildman–Crippen LogP) is 4.14. The molecule has 2 aromatic rings. The molecule has 0 bridgehead atoms. The minimum Gasteiger partial charge on any atom is -0.361 e. The van der Waals surface area contributed by atoms with Crippen LogP contribution < -0.4 is 0 Å². The van der Waals surface area contributed by atoms with Crippen LogP contribution in [0, 0.1) is 6.92 Å². The lowest BCUT2D eigenvalue weighted by atomic mass is 9.99. The molecule has 1 atom stereocenters. The highest BCUT2D eigenvalue weighted by Gasteiger charge is 2.38. The van der Waals surface area contributed by atoms with E-state index in [0.29, 0.717) is 10.9 Å². The molecule has 86 valence electrons. The van der Waals surface area contributed by atoms with Crippen molar-refractivity contribution in [2.45, 2.75) is 25.9 Å². The van der Waals surface area contributed by atoms with Crippen molar-refractivity contribution in [1.29, 1.82) is 0 Å². The highest BCUT2D eigenvalue weighted by atomic mass is 19.4. The minimum absolute atomic E-state index is 0.311. The molecule has 2 rings (SSSR count). The molecule has 1 N–H and O–H groups in total. The Labute approximate surface area is 91.3 Å². The van der Waals surface area contributed by atoms with E-state index >= 15 is 0 Å². The molecule has 0 aliphatic heterocycles. The maximum atomic E-state index is 12.6. The van der Waals surface area contributed by atoms with Gasteiger partial charge in [-0.25, -0.2) is 0 Å². The van der Waals surface area contributed by atoms with Gasteiger partial charge in [-0.15, -0.1) is 0 Å². The number of hydrogen-bond acceptors (Lipinski definition) is 0. The fourth-order valence-electron chi connectivity index (χ4n) is 1.79. The molecule has 1 unspecified atom stereocenters. The van der Waals surface area contributed by atoms with E-state index in [9.17, 15) is 13.2 Å². The zero-order chi connectivity index (χ0) is 11.9. The first kappa shape index (κ1) is 11.0. The molecule has 1 heterocycles. The average Bonchev–Trinajstić information content (AvgIpc) is 2.57. The molecule has 0 fully saturated rings. The number of H-pyrrole nitrogens is 1. The molecule has 1 aromatic carbocycles. The van der Waals surface area contributed by atoms with Crippen molar-refractivity contribution in [1.82, 2.24) is 4.98 Å². The van der Waals surface area contributed by atoms with Gasteiger partial charge in [0, 0.05) is 17.1 Å². The van der Waals surface area contributed by atoms with Gasteiger partial charge in [0.15, 0.2) is 0 Å². The number of rotatable bonds is 1. The van der Waals surface area contributed by atoms with Crippen molar-refractivity contribution >= 4 is 10.9 Å². The van der Waals surface area contributed by atoms with Crippen molar-refractivity contribution in [3.63, 3.8) is 0 Å². The summed E-state index contributed by atoms with van der Waals surface area (Å²) in [4.78, 5) is 2.87. The van der Waals surface area contributed by atoms with Gasteiger partial charge in [0.05, 0.1) is 5.92 Å². The van der Waals surface area contributed by atoms with E-state index in [1.807, 2.05) is 13.0 Å². The Morgan fingerprint density at radius 1 is 1.25 bits per heavy atom. The molecule has 4 heteroatoms. The van der Waals surface area contributed by atoms with Crippen LogP contribution >= 0.6 is 0 Å². The van der Waals surface area contributed by atoms with Gasteiger partial charge in [-0.1, -0.05) is 11.6 Å². The van der Waals surface area contributed by atoms with Crippen LogP contribution in [0.3, 0.4) is 0 Å². The van der Waals surface area contributed by atoms with Crippen molar-refractivity contribution in [3.05, 3.63) is 35.5 Å². The van der Waals surface area contributed by atoms with Gasteiger partial charge >= 0.3 is 6.18 Å². The number of hydrogen-bond donors (Lipinski definition) is 1. The van der Waals surface area contributed by atoms with E-state index in [4.69, 9.17) is 0 Å². The van der Waals surface area contributed by atoms with Gasteiger partial charge in [0.1, 0.15) is 0 Å². The largest absolute Gasteiger partial charge is 0.395 e. The summed E-state index contributed by atoms with van der Waals surface area (Å²) < 4.78 is 37.9. The molecule has 0 radical (unpaired) electrons. The van der Waals surface area contributed by atoms with E-state index in [0.717, 1.165) is 11.1 Å². The van der Waals surface area contributed by atoms with Crippen LogP contribution in [0.5, 0.6) is 0 Å². The quantitative estimate of drug-likeness (QED) is 0.753. The molecule has 0 saturated carbocycles. The van der Waals surface area contributed by atoms with E-state index in [1.54, 1.807) is 12.1 Å². The highest BCUT2D eigenvalue weighted by molar-refractivity contribution is 5.84. The van der Waals surface area contributed by atoms with E-state index in [2.05, 4.69) is 4.98 Å². The Bertz CT molecular complexity index is 510. The fourth-order valence-corrected chi connectivity index (χ4v) is 1.79. The highest BCUT2D eigenvalue weighted by Crippen LogP contribution is 2.37. The van der Waals surface area contributed by atoms with Crippen LogP contribution in [0.2, 0.25) is 0 Å². The van der Waals surface area contributed by atoms with Crippen LogP contribution in [-0.4, -0.2) is 11.2 Å². The molecule has 0 spiro atoms. The summed E-state index contributed by atoms with van der Waals surface area (Å²) in [5, 5.41) is 0.657. The Morgan fingerprint density at radius 2 is 1.94 bits per heavy atom. The normalized spacial score (nSPS) is 14.3. The minimum atomic E-state index is -4.20. The monoisotopic (exact) mass is 227 g/mol. The summed E-state index contributed by atoms with van der Waals surface area (Å²) in [5.74, 6) is -1.44. The fraction of sp³-hybridized carbons (Fsp3) is 0.333. The zero-order valence-electron chi connectivity index (χ0n) is 9.02. The summed E-state index contributed by atoms with van der Waals surface area (Å²) in [6.07, 6.45) is -2.75. The smallest absolute Gasteiger partial charge is 0.361 e. The lowest BCUT2D eigenvalue weighted by molar-refractivity contribution is -0.146. The van der Waals surface area contributed by atoms with E-state index in [-0.39, 0.29) is 0 Å².